The van der Waals surface area contributed by atoms with E-state index < -0.39 is 11.8 Å². The summed E-state index contributed by atoms with van der Waals surface area (Å²) in [6.07, 6.45) is 1.56. The average Bonchev–Trinajstić information content (AvgIpc) is 2.51. The maximum Gasteiger partial charge on any atom is 0.276 e. The fraction of sp³-hybridized carbons (Fsp3) is 0.100. The van der Waals surface area contributed by atoms with Gasteiger partial charge in [0.05, 0.1) is 17.7 Å². The molecule has 0 saturated carbocycles. The fourth-order valence-electron chi connectivity index (χ4n) is 1.44. The molecule has 1 heterocycles. The highest BCUT2D eigenvalue weighted by Gasteiger charge is 2.34. The van der Waals surface area contributed by atoms with Gasteiger partial charge in [-0.1, -0.05) is 12.1 Å². The van der Waals surface area contributed by atoms with E-state index in [2.05, 4.69) is 5.43 Å². The average molecular weight is 203 g/mol. The molecule has 0 atom stereocenters. The van der Waals surface area contributed by atoms with Gasteiger partial charge >= 0.3 is 0 Å². The molecule has 0 aromatic heterocycles. The van der Waals surface area contributed by atoms with E-state index in [4.69, 9.17) is 0 Å². The van der Waals surface area contributed by atoms with Crippen LogP contribution in [0.25, 0.3) is 0 Å². The van der Waals surface area contributed by atoms with Crippen molar-refractivity contribution in [2.45, 2.75) is 0 Å². The molecule has 0 fully saturated rings. The van der Waals surface area contributed by atoms with Crippen LogP contribution in [-0.4, -0.2) is 29.7 Å². The normalized spacial score (nSPS) is 14.3. The topological polar surface area (TPSA) is 66.5 Å². The maximum atomic E-state index is 11.6. The molecule has 2 amide bonds. The largest absolute Gasteiger partial charge is 0.289 e. The summed E-state index contributed by atoms with van der Waals surface area (Å²) in [5.74, 6) is -0.878. The van der Waals surface area contributed by atoms with Crippen LogP contribution in [0.4, 0.5) is 0 Å². The Hall–Kier alpha value is -2.01. The molecule has 1 aliphatic rings. The zero-order chi connectivity index (χ0) is 10.8. The van der Waals surface area contributed by atoms with Gasteiger partial charge in [-0.05, 0) is 12.1 Å². The van der Waals surface area contributed by atoms with Gasteiger partial charge in [0.1, 0.15) is 0 Å². The lowest BCUT2D eigenvalue weighted by atomic mass is 10.1. The van der Waals surface area contributed by atoms with E-state index in [9.17, 15) is 14.4 Å². The van der Waals surface area contributed by atoms with Gasteiger partial charge in [0.2, 0.25) is 6.29 Å². The molecule has 0 bridgehead atoms. The molecule has 0 aliphatic carbocycles. The molecule has 0 spiro atoms. The zero-order valence-corrected chi connectivity index (χ0v) is 7.69. The van der Waals surface area contributed by atoms with Crippen LogP contribution in [0, 0.1) is 0 Å². The molecule has 1 aromatic rings. The molecule has 1 aliphatic heterocycles. The van der Waals surface area contributed by atoms with Crippen molar-refractivity contribution >= 4 is 18.1 Å². The molecule has 0 saturated heterocycles. The van der Waals surface area contributed by atoms with E-state index in [0.29, 0.717) is 11.1 Å². The van der Waals surface area contributed by atoms with Crippen molar-refractivity contribution in [1.82, 2.24) is 10.4 Å². The van der Waals surface area contributed by atoms with Gasteiger partial charge < -0.3 is 0 Å². The minimum absolute atomic E-state index is 0.189. The number of nitrogens with zero attached hydrogens (tertiary/aromatic N) is 1. The number of hydrazine groups is 1. The molecule has 2 rings (SSSR count). The Kier molecular flexibility index (Phi) is 2.31. The van der Waals surface area contributed by atoms with Gasteiger partial charge in [0.25, 0.3) is 11.8 Å². The number of nitrogens with one attached hydrogen (secondary N) is 1. The van der Waals surface area contributed by atoms with E-state index in [1.165, 1.54) is 0 Å². The van der Waals surface area contributed by atoms with Gasteiger partial charge in [-0.2, -0.15) is 0 Å². The number of imide groups is 1. The molecule has 1 N–H and O–H groups in total. The van der Waals surface area contributed by atoms with Crippen molar-refractivity contribution < 1.29 is 14.4 Å². The third-order valence-electron chi connectivity index (χ3n) is 2.10. The summed E-state index contributed by atoms with van der Waals surface area (Å²) in [6, 6.07) is 6.50. The van der Waals surface area contributed by atoms with Crippen LogP contribution in [0.5, 0.6) is 0 Å². The van der Waals surface area contributed by atoms with Gasteiger partial charge in [-0.3, -0.25) is 14.4 Å². The van der Waals surface area contributed by atoms with E-state index >= 15 is 0 Å². The molecule has 75 valence electrons. The third kappa shape index (κ3) is 1.42. The number of benzene rings is 1. The lowest BCUT2D eigenvalue weighted by Gasteiger charge is -2.11. The van der Waals surface area contributed by atoms with Gasteiger partial charge in [0.15, 0.2) is 0 Å². The van der Waals surface area contributed by atoms with Crippen LogP contribution in [0.1, 0.15) is 20.7 Å². The summed E-state index contributed by atoms with van der Waals surface area (Å²) in [6.45, 7) is -0.189. The van der Waals surface area contributed by atoms with Crippen molar-refractivity contribution in [3.63, 3.8) is 0 Å². The van der Waals surface area contributed by atoms with E-state index in [1.54, 1.807) is 30.6 Å². The number of fused-ring (bicyclic) bond motifs is 1. The number of hydrogen-bond donors (Lipinski definition) is 1. The Labute approximate surface area is 85.6 Å². The van der Waals surface area contributed by atoms with Crippen LogP contribution in [0.3, 0.4) is 0 Å². The van der Waals surface area contributed by atoms with Crippen LogP contribution in [0.2, 0.25) is 0 Å². The first-order valence-corrected chi connectivity index (χ1v) is 4.32. The number of amides is 2. The predicted octanol–water partition coefficient (Wildman–Crippen LogP) is -0.103. The highest BCUT2D eigenvalue weighted by Crippen LogP contribution is 2.20. The standard InChI is InChI=1S/C10H7N2O3/c13-6-5-11-12-9(14)7-3-1-2-4-8(7)10(12)15/h1-4,11H,5H2. The van der Waals surface area contributed by atoms with E-state index in [1.807, 2.05) is 0 Å². The summed E-state index contributed by atoms with van der Waals surface area (Å²) >= 11 is 0. The maximum absolute atomic E-state index is 11.6. The Morgan fingerprint density at radius 2 is 1.67 bits per heavy atom. The van der Waals surface area contributed by atoms with Crippen LogP contribution in [-0.2, 0) is 4.79 Å². The van der Waals surface area contributed by atoms with Crippen molar-refractivity contribution in [2.75, 3.05) is 6.54 Å². The number of hydrogen-bond acceptors (Lipinski definition) is 4. The van der Waals surface area contributed by atoms with Gasteiger partial charge in [-0.15, -0.1) is 0 Å². The lowest BCUT2D eigenvalue weighted by Crippen LogP contribution is -2.43. The molecule has 5 heteroatoms. The van der Waals surface area contributed by atoms with Crippen molar-refractivity contribution in [2.24, 2.45) is 0 Å². The molecular formula is C10H7N2O3. The summed E-state index contributed by atoms with van der Waals surface area (Å²) < 4.78 is 0. The summed E-state index contributed by atoms with van der Waals surface area (Å²) in [4.78, 5) is 33.3. The summed E-state index contributed by atoms with van der Waals surface area (Å²) in [7, 11) is 0. The van der Waals surface area contributed by atoms with Gasteiger partial charge in [-0.25, -0.2) is 10.4 Å². The van der Waals surface area contributed by atoms with E-state index in [-0.39, 0.29) is 6.54 Å². The van der Waals surface area contributed by atoms with Crippen LogP contribution in [0.15, 0.2) is 24.3 Å². The Morgan fingerprint density at radius 3 is 2.13 bits per heavy atom. The third-order valence-corrected chi connectivity index (χ3v) is 2.10. The second kappa shape index (κ2) is 3.62. The number of carbonyl (C=O) groups is 2. The first kappa shape index (κ1) is 9.54. The molecule has 5 nitrogen and oxygen atoms in total. The van der Waals surface area contributed by atoms with Crippen molar-refractivity contribution in [3.05, 3.63) is 35.4 Å². The van der Waals surface area contributed by atoms with Crippen molar-refractivity contribution in [1.29, 1.82) is 0 Å². The first-order chi connectivity index (χ1) is 7.25. The van der Waals surface area contributed by atoms with E-state index in [0.717, 1.165) is 5.01 Å². The predicted molar refractivity (Wildman–Crippen MR) is 50.6 cm³/mol. The minimum atomic E-state index is -0.439. The fourth-order valence-corrected chi connectivity index (χ4v) is 1.44. The quantitative estimate of drug-likeness (QED) is 0.696. The highest BCUT2D eigenvalue weighted by atomic mass is 16.2. The Morgan fingerprint density at radius 1 is 1.13 bits per heavy atom. The van der Waals surface area contributed by atoms with Crippen LogP contribution >= 0.6 is 0 Å². The second-order valence-electron chi connectivity index (χ2n) is 2.97. The minimum Gasteiger partial charge on any atom is -0.289 e. The monoisotopic (exact) mass is 203 g/mol. The van der Waals surface area contributed by atoms with Crippen molar-refractivity contribution in [3.8, 4) is 0 Å². The smallest absolute Gasteiger partial charge is 0.276 e. The molecular weight excluding hydrogens is 196 g/mol. The molecule has 1 aromatic carbocycles. The zero-order valence-electron chi connectivity index (χ0n) is 7.69. The highest BCUT2D eigenvalue weighted by molar-refractivity contribution is 6.20. The molecule has 15 heavy (non-hydrogen) atoms. The SMILES string of the molecule is O=[C]CNN1C(=O)c2ccccc2C1=O. The number of rotatable bonds is 3. The second-order valence-corrected chi connectivity index (χ2v) is 2.97. The summed E-state index contributed by atoms with van der Waals surface area (Å²) in [5, 5.41) is 0.829. The Bertz CT molecular complexity index is 407. The molecule has 1 radical (unpaired) electrons. The Balaban J connectivity index is 2.32. The first-order valence-electron chi connectivity index (χ1n) is 4.32. The summed E-state index contributed by atoms with van der Waals surface area (Å²) in [5.41, 5.74) is 3.08. The van der Waals surface area contributed by atoms with Gasteiger partial charge in [0, 0.05) is 0 Å². The molecule has 0 unspecified atom stereocenters. The van der Waals surface area contributed by atoms with Crippen LogP contribution < -0.4 is 5.43 Å². The lowest BCUT2D eigenvalue weighted by molar-refractivity contribution is 0.0579. The number of carbonyl (C=O) groups excluding carboxylic acids is 3.